The average molecular weight is 438 g/mol. The van der Waals surface area contributed by atoms with E-state index in [9.17, 15) is 27.5 Å². The number of aliphatic hydroxyl groups is 1. The van der Waals surface area contributed by atoms with E-state index in [1.165, 1.54) is 17.0 Å². The molecule has 0 bridgehead atoms. The molecule has 164 valence electrons. The Kier molecular flexibility index (Phi) is 6.49. The Balaban J connectivity index is 1.76. The van der Waals surface area contributed by atoms with Crippen molar-refractivity contribution >= 4 is 17.2 Å². The normalized spacial score (nSPS) is 17.8. The number of alkyl halides is 3. The van der Waals surface area contributed by atoms with Gasteiger partial charge in [0.15, 0.2) is 0 Å². The summed E-state index contributed by atoms with van der Waals surface area (Å²) in [6, 6.07) is 5.67. The number of β-amino-alcohol motifs (C(OH)–C–C–N with tert-alkyl or cyclic N) is 1. The van der Waals surface area contributed by atoms with Gasteiger partial charge in [0, 0.05) is 6.54 Å². The molecule has 0 amide bonds. The zero-order valence-corrected chi connectivity index (χ0v) is 16.0. The van der Waals surface area contributed by atoms with E-state index in [0.717, 1.165) is 10.9 Å². The highest BCUT2D eigenvalue weighted by Crippen LogP contribution is 2.24. The van der Waals surface area contributed by atoms with Gasteiger partial charge in [0.05, 0.1) is 12.6 Å². The number of aromatic nitrogens is 3. The minimum absolute atomic E-state index is 0.0107. The zero-order valence-electron chi connectivity index (χ0n) is 16.0. The molecule has 0 fully saturated rings. The summed E-state index contributed by atoms with van der Waals surface area (Å²) in [5.74, 6) is -0.382. The smallest absolute Gasteiger partial charge is 0.405 e. The van der Waals surface area contributed by atoms with Crippen LogP contribution in [-0.4, -0.2) is 50.7 Å². The van der Waals surface area contributed by atoms with Crippen LogP contribution in [0, 0.1) is 5.82 Å². The number of anilines is 1. The van der Waals surface area contributed by atoms with Gasteiger partial charge < -0.3 is 15.7 Å². The largest absolute Gasteiger partial charge is 0.433 e. The van der Waals surface area contributed by atoms with Gasteiger partial charge >= 0.3 is 11.9 Å². The first kappa shape index (κ1) is 22.2. The number of hydrogen-bond donors (Lipinski definition) is 2. The number of hydrogen-bond acceptors (Lipinski definition) is 7. The number of aliphatic hydroxyl groups excluding tert-OH is 1. The van der Waals surface area contributed by atoms with Crippen molar-refractivity contribution in [3.63, 3.8) is 0 Å². The second-order valence-electron chi connectivity index (χ2n) is 6.54. The molecule has 1 unspecified atom stereocenters. The Morgan fingerprint density at radius 2 is 2.03 bits per heavy atom. The maximum atomic E-state index is 13.1. The van der Waals surface area contributed by atoms with Crippen molar-refractivity contribution in [2.75, 3.05) is 18.0 Å². The molecule has 1 aliphatic heterocycles. The molecule has 3 N–H and O–H groups in total. The van der Waals surface area contributed by atoms with Gasteiger partial charge in [-0.3, -0.25) is 9.56 Å². The standard InChI is InChI=1S/C19H18F4N6O2/c20-13-3-1-12(2-4-13)14-6-8-28(9-15(14)30)17-26-11-29(18(31)27-17)10-25-16(5-7-24)19(21,22)23/h1-7,11,15,30H,8-10,24H2/b7-5-,25-16?. The Hall–Kier alpha value is -3.54. The molecule has 0 aliphatic carbocycles. The van der Waals surface area contributed by atoms with Crippen molar-refractivity contribution < 1.29 is 22.7 Å². The zero-order chi connectivity index (χ0) is 22.6. The molecule has 2 aromatic rings. The molecule has 1 aliphatic rings. The van der Waals surface area contributed by atoms with Crippen LogP contribution >= 0.6 is 0 Å². The highest BCUT2D eigenvalue weighted by molar-refractivity contribution is 5.99. The summed E-state index contributed by atoms with van der Waals surface area (Å²) in [7, 11) is 0. The van der Waals surface area contributed by atoms with E-state index in [4.69, 9.17) is 5.73 Å². The van der Waals surface area contributed by atoms with Gasteiger partial charge in [-0.15, -0.1) is 0 Å². The van der Waals surface area contributed by atoms with Gasteiger partial charge in [-0.25, -0.2) is 14.2 Å². The summed E-state index contributed by atoms with van der Waals surface area (Å²) in [6.07, 6.45) is -1.65. The molecule has 1 atom stereocenters. The third-order valence-electron chi connectivity index (χ3n) is 4.44. The molecule has 1 aromatic carbocycles. The van der Waals surface area contributed by atoms with Crippen molar-refractivity contribution in [2.45, 2.75) is 18.9 Å². The fourth-order valence-corrected chi connectivity index (χ4v) is 2.92. The van der Waals surface area contributed by atoms with Crippen LogP contribution in [0.15, 0.2) is 58.7 Å². The van der Waals surface area contributed by atoms with E-state index >= 15 is 0 Å². The lowest BCUT2D eigenvalue weighted by molar-refractivity contribution is -0.0580. The highest BCUT2D eigenvalue weighted by atomic mass is 19.4. The van der Waals surface area contributed by atoms with Crippen LogP contribution in [0.5, 0.6) is 0 Å². The van der Waals surface area contributed by atoms with Gasteiger partial charge in [-0.05, 0) is 35.5 Å². The molecule has 0 saturated heterocycles. The number of nitrogens with two attached hydrogens (primary N) is 1. The number of halogens is 4. The van der Waals surface area contributed by atoms with E-state index in [-0.39, 0.29) is 19.0 Å². The molecule has 0 radical (unpaired) electrons. The predicted molar refractivity (Wildman–Crippen MR) is 106 cm³/mol. The Labute approximate surface area is 173 Å². The molecule has 1 aromatic heterocycles. The van der Waals surface area contributed by atoms with Crippen LogP contribution in [0.1, 0.15) is 5.56 Å². The SMILES string of the molecule is N/C=C\C(=NCn1cnc(N2CC=C(c3ccc(F)cc3)C(O)C2)nc1=O)C(F)(F)F. The minimum atomic E-state index is -4.72. The molecule has 31 heavy (non-hydrogen) atoms. The molecule has 0 spiro atoms. The lowest BCUT2D eigenvalue weighted by Crippen LogP contribution is -2.40. The summed E-state index contributed by atoms with van der Waals surface area (Å²) in [4.78, 5) is 24.8. The van der Waals surface area contributed by atoms with E-state index in [1.807, 2.05) is 0 Å². The van der Waals surface area contributed by atoms with Gasteiger partial charge in [-0.2, -0.15) is 18.2 Å². The molecule has 12 heteroatoms. The summed E-state index contributed by atoms with van der Waals surface area (Å²) >= 11 is 0. The first-order valence-electron chi connectivity index (χ1n) is 9.01. The van der Waals surface area contributed by atoms with Crippen molar-refractivity contribution in [3.8, 4) is 0 Å². The maximum absolute atomic E-state index is 13.1. The summed E-state index contributed by atoms with van der Waals surface area (Å²) in [5, 5.41) is 10.4. The van der Waals surface area contributed by atoms with Crippen molar-refractivity contribution in [3.05, 3.63) is 70.8 Å². The quantitative estimate of drug-likeness (QED) is 0.541. The molecule has 0 saturated carbocycles. The third kappa shape index (κ3) is 5.34. The van der Waals surface area contributed by atoms with Crippen molar-refractivity contribution in [2.24, 2.45) is 10.7 Å². The maximum Gasteiger partial charge on any atom is 0.433 e. The predicted octanol–water partition coefficient (Wildman–Crippen LogP) is 1.48. The van der Waals surface area contributed by atoms with Gasteiger partial charge in [0.25, 0.3) is 0 Å². The van der Waals surface area contributed by atoms with Gasteiger partial charge in [-0.1, -0.05) is 18.2 Å². The molecule has 3 rings (SSSR count). The Morgan fingerprint density at radius 1 is 1.32 bits per heavy atom. The fraction of sp³-hybridized carbons (Fsp3) is 0.263. The summed E-state index contributed by atoms with van der Waals surface area (Å²) in [6.45, 7) is -0.301. The van der Waals surface area contributed by atoms with Crippen LogP contribution in [0.2, 0.25) is 0 Å². The van der Waals surface area contributed by atoms with Gasteiger partial charge in [0.1, 0.15) is 24.5 Å². The monoisotopic (exact) mass is 438 g/mol. The molecule has 2 heterocycles. The third-order valence-corrected chi connectivity index (χ3v) is 4.44. The van der Waals surface area contributed by atoms with Gasteiger partial charge in [0.2, 0.25) is 5.95 Å². The first-order chi connectivity index (χ1) is 14.7. The number of aliphatic imine (C=N–C) groups is 1. The number of allylic oxidation sites excluding steroid dienone is 1. The average Bonchev–Trinajstić information content (AvgIpc) is 2.72. The van der Waals surface area contributed by atoms with Crippen LogP contribution in [0.25, 0.3) is 5.57 Å². The highest BCUT2D eigenvalue weighted by Gasteiger charge is 2.33. The van der Waals surface area contributed by atoms with E-state index in [1.54, 1.807) is 18.2 Å². The van der Waals surface area contributed by atoms with Crippen molar-refractivity contribution in [1.82, 2.24) is 14.5 Å². The van der Waals surface area contributed by atoms with E-state index in [2.05, 4.69) is 15.0 Å². The summed E-state index contributed by atoms with van der Waals surface area (Å²) in [5.41, 5.74) is 4.16. The van der Waals surface area contributed by atoms with E-state index < -0.39 is 36.2 Å². The Bertz CT molecular complexity index is 1080. The topological polar surface area (TPSA) is 110 Å². The van der Waals surface area contributed by atoms with Crippen LogP contribution in [-0.2, 0) is 6.67 Å². The van der Waals surface area contributed by atoms with E-state index in [0.29, 0.717) is 23.4 Å². The minimum Gasteiger partial charge on any atom is -0.405 e. The number of nitrogens with zero attached hydrogens (tertiary/aromatic N) is 5. The molecular weight excluding hydrogens is 420 g/mol. The van der Waals surface area contributed by atoms with Crippen LogP contribution in [0.3, 0.4) is 0 Å². The van der Waals surface area contributed by atoms with Crippen LogP contribution < -0.4 is 16.3 Å². The first-order valence-corrected chi connectivity index (χ1v) is 9.01. The second-order valence-corrected chi connectivity index (χ2v) is 6.54. The lowest BCUT2D eigenvalue weighted by atomic mass is 9.97. The fourth-order valence-electron chi connectivity index (χ4n) is 2.92. The molecular formula is C19H18F4N6O2. The molecule has 8 nitrogen and oxygen atoms in total. The number of benzene rings is 1. The van der Waals surface area contributed by atoms with Crippen molar-refractivity contribution in [1.29, 1.82) is 0 Å². The summed E-state index contributed by atoms with van der Waals surface area (Å²) < 4.78 is 52.3. The second kappa shape index (κ2) is 9.08. The number of rotatable bonds is 5. The lowest BCUT2D eigenvalue weighted by Gasteiger charge is -2.30. The Morgan fingerprint density at radius 3 is 2.61 bits per heavy atom. The van der Waals surface area contributed by atoms with Crippen LogP contribution in [0.4, 0.5) is 23.5 Å².